The number of fused-ring (bicyclic) bond motifs is 1. The van der Waals surface area contributed by atoms with E-state index in [0.29, 0.717) is 18.1 Å². The smallest absolute Gasteiger partial charge is 0.228 e. The second-order valence-corrected chi connectivity index (χ2v) is 6.21. The first-order chi connectivity index (χ1) is 12.0. The number of likely N-dealkylation sites (N-methyl/N-ethyl adjacent to an activating group) is 1. The summed E-state index contributed by atoms with van der Waals surface area (Å²) in [5, 5.41) is 10.1. The normalized spacial score (nSPS) is 11.0. The molecule has 6 heteroatoms. The zero-order valence-corrected chi connectivity index (χ0v) is 15.0. The molecular weight excluding hydrogens is 338 g/mol. The van der Waals surface area contributed by atoms with E-state index in [4.69, 9.17) is 11.6 Å². The van der Waals surface area contributed by atoms with Gasteiger partial charge >= 0.3 is 0 Å². The van der Waals surface area contributed by atoms with Crippen LogP contribution in [0.2, 0.25) is 5.02 Å². The minimum Gasteiger partial charge on any atom is -0.508 e. The van der Waals surface area contributed by atoms with E-state index in [1.807, 2.05) is 24.3 Å². The fourth-order valence-corrected chi connectivity index (χ4v) is 3.08. The highest BCUT2D eigenvalue weighted by atomic mass is 35.5. The van der Waals surface area contributed by atoms with Gasteiger partial charge in [-0.15, -0.1) is 0 Å². The van der Waals surface area contributed by atoms with Gasteiger partial charge in [-0.2, -0.15) is 0 Å². The first-order valence-corrected chi connectivity index (χ1v) is 8.65. The van der Waals surface area contributed by atoms with Crippen molar-refractivity contribution in [2.24, 2.45) is 0 Å². The van der Waals surface area contributed by atoms with Crippen LogP contribution in [-0.4, -0.2) is 38.4 Å². The van der Waals surface area contributed by atoms with Crippen molar-refractivity contribution in [2.75, 3.05) is 13.1 Å². The number of aromatic hydroxyl groups is 1. The Morgan fingerprint density at radius 1 is 1.16 bits per heavy atom. The van der Waals surface area contributed by atoms with Crippen LogP contribution >= 0.6 is 11.6 Å². The van der Waals surface area contributed by atoms with Gasteiger partial charge in [-0.25, -0.2) is 4.98 Å². The Kier molecular flexibility index (Phi) is 4.95. The van der Waals surface area contributed by atoms with Gasteiger partial charge in [-0.3, -0.25) is 4.79 Å². The lowest BCUT2D eigenvalue weighted by atomic mass is 10.1. The molecule has 1 aromatic carbocycles. The fraction of sp³-hybridized carbons (Fsp3) is 0.263. The Morgan fingerprint density at radius 2 is 1.84 bits per heavy atom. The van der Waals surface area contributed by atoms with Crippen LogP contribution in [0.4, 0.5) is 0 Å². The number of carbonyl (C=O) groups excluding carboxylic acids is 1. The van der Waals surface area contributed by atoms with E-state index in [2.05, 4.69) is 4.98 Å². The highest BCUT2D eigenvalue weighted by Crippen LogP contribution is 2.27. The van der Waals surface area contributed by atoms with E-state index < -0.39 is 0 Å². The summed E-state index contributed by atoms with van der Waals surface area (Å²) in [5.74, 6) is 0.239. The van der Waals surface area contributed by atoms with Gasteiger partial charge in [0.1, 0.15) is 11.4 Å². The molecule has 0 atom stereocenters. The van der Waals surface area contributed by atoms with Crippen LogP contribution in [0.15, 0.2) is 42.6 Å². The Morgan fingerprint density at radius 3 is 2.48 bits per heavy atom. The molecule has 1 amide bonds. The van der Waals surface area contributed by atoms with Crippen LogP contribution < -0.4 is 0 Å². The van der Waals surface area contributed by atoms with Gasteiger partial charge in [-0.1, -0.05) is 11.6 Å². The minimum absolute atomic E-state index is 0.0480. The molecule has 0 saturated carbocycles. The van der Waals surface area contributed by atoms with Crippen molar-refractivity contribution in [2.45, 2.75) is 20.3 Å². The standard InChI is InChI=1S/C19H20ClN3O2/c1-3-22(4-2)18(25)11-16-19(13-5-8-15(24)9-6-13)21-17-10-7-14(20)12-23(16)17/h5-10,12,24H,3-4,11H2,1-2H3. The van der Waals surface area contributed by atoms with Gasteiger partial charge in [-0.05, 0) is 50.2 Å². The number of carbonyl (C=O) groups is 1. The predicted octanol–water partition coefficient (Wildman–Crippen LogP) is 3.77. The maximum Gasteiger partial charge on any atom is 0.228 e. The van der Waals surface area contributed by atoms with Crippen molar-refractivity contribution in [3.05, 3.63) is 53.3 Å². The Balaban J connectivity index is 2.12. The number of pyridine rings is 1. The molecule has 25 heavy (non-hydrogen) atoms. The molecule has 0 aliphatic heterocycles. The van der Waals surface area contributed by atoms with Crippen LogP contribution in [0.1, 0.15) is 19.5 Å². The third kappa shape index (κ3) is 3.46. The van der Waals surface area contributed by atoms with Gasteiger partial charge in [0.05, 0.1) is 22.8 Å². The van der Waals surface area contributed by atoms with Crippen molar-refractivity contribution < 1.29 is 9.90 Å². The summed E-state index contributed by atoms with van der Waals surface area (Å²) in [5.41, 5.74) is 3.10. The maximum atomic E-state index is 12.7. The number of nitrogens with zero attached hydrogens (tertiary/aromatic N) is 3. The van der Waals surface area contributed by atoms with Crippen molar-refractivity contribution >= 4 is 23.2 Å². The highest BCUT2D eigenvalue weighted by molar-refractivity contribution is 6.30. The number of aromatic nitrogens is 2. The number of imidazole rings is 1. The lowest BCUT2D eigenvalue weighted by molar-refractivity contribution is -0.130. The number of halogens is 1. The average Bonchev–Trinajstić information content (AvgIpc) is 2.94. The summed E-state index contributed by atoms with van der Waals surface area (Å²) in [6.45, 7) is 5.27. The quantitative estimate of drug-likeness (QED) is 0.756. The molecule has 0 radical (unpaired) electrons. The summed E-state index contributed by atoms with van der Waals surface area (Å²) in [4.78, 5) is 19.1. The third-order valence-corrected chi connectivity index (χ3v) is 4.48. The van der Waals surface area contributed by atoms with Crippen LogP contribution in [0, 0.1) is 0 Å². The highest BCUT2D eigenvalue weighted by Gasteiger charge is 2.19. The minimum atomic E-state index is 0.0480. The number of phenolic OH excluding ortho intramolecular Hbond substituents is 1. The molecule has 0 saturated heterocycles. The zero-order valence-electron chi connectivity index (χ0n) is 14.2. The van der Waals surface area contributed by atoms with Crippen molar-refractivity contribution in [1.29, 1.82) is 0 Å². The van der Waals surface area contributed by atoms with Gasteiger partial charge in [0.25, 0.3) is 0 Å². The van der Waals surface area contributed by atoms with E-state index in [1.165, 1.54) is 0 Å². The number of phenols is 1. The number of hydrogen-bond donors (Lipinski definition) is 1. The molecule has 3 rings (SSSR count). The molecule has 5 nitrogen and oxygen atoms in total. The summed E-state index contributed by atoms with van der Waals surface area (Å²) in [6.07, 6.45) is 2.01. The van der Waals surface area contributed by atoms with Crippen molar-refractivity contribution in [3.63, 3.8) is 0 Å². The summed E-state index contributed by atoms with van der Waals surface area (Å²) < 4.78 is 1.87. The summed E-state index contributed by atoms with van der Waals surface area (Å²) in [7, 11) is 0. The fourth-order valence-electron chi connectivity index (χ4n) is 2.92. The lowest BCUT2D eigenvalue weighted by Gasteiger charge is -2.18. The first kappa shape index (κ1) is 17.3. The molecule has 0 aliphatic rings. The molecular formula is C19H20ClN3O2. The number of rotatable bonds is 5. The Hall–Kier alpha value is -2.53. The number of hydrogen-bond acceptors (Lipinski definition) is 3. The van der Waals surface area contributed by atoms with Crippen LogP contribution in [0.25, 0.3) is 16.9 Å². The average molecular weight is 358 g/mol. The molecule has 0 aliphatic carbocycles. The van der Waals surface area contributed by atoms with E-state index in [9.17, 15) is 9.90 Å². The van der Waals surface area contributed by atoms with Crippen molar-refractivity contribution in [1.82, 2.24) is 14.3 Å². The summed E-state index contributed by atoms with van der Waals surface area (Å²) >= 11 is 6.14. The zero-order chi connectivity index (χ0) is 18.0. The molecule has 2 aromatic heterocycles. The number of benzene rings is 1. The SMILES string of the molecule is CCN(CC)C(=O)Cc1c(-c2ccc(O)cc2)nc2ccc(Cl)cn12. The molecule has 0 fully saturated rings. The second-order valence-electron chi connectivity index (χ2n) is 5.77. The van der Waals surface area contributed by atoms with E-state index >= 15 is 0 Å². The lowest BCUT2D eigenvalue weighted by Crippen LogP contribution is -2.32. The molecule has 2 heterocycles. The molecule has 130 valence electrons. The second kappa shape index (κ2) is 7.15. The monoisotopic (exact) mass is 357 g/mol. The molecule has 0 bridgehead atoms. The summed E-state index contributed by atoms with van der Waals surface area (Å²) in [6, 6.07) is 10.4. The first-order valence-electron chi connectivity index (χ1n) is 8.27. The number of amides is 1. The van der Waals surface area contributed by atoms with E-state index in [0.717, 1.165) is 22.6 Å². The van der Waals surface area contributed by atoms with Gasteiger partial charge in [0.2, 0.25) is 5.91 Å². The van der Waals surface area contributed by atoms with E-state index in [-0.39, 0.29) is 18.1 Å². The molecule has 1 N–H and O–H groups in total. The van der Waals surface area contributed by atoms with E-state index in [1.54, 1.807) is 41.4 Å². The Labute approximate surface area is 151 Å². The van der Waals surface area contributed by atoms with Crippen LogP contribution in [0.5, 0.6) is 5.75 Å². The largest absolute Gasteiger partial charge is 0.508 e. The molecule has 0 unspecified atom stereocenters. The van der Waals surface area contributed by atoms with Gasteiger partial charge < -0.3 is 14.4 Å². The van der Waals surface area contributed by atoms with Crippen LogP contribution in [-0.2, 0) is 11.2 Å². The van der Waals surface area contributed by atoms with Crippen molar-refractivity contribution in [3.8, 4) is 17.0 Å². The maximum absolute atomic E-state index is 12.7. The predicted molar refractivity (Wildman–Crippen MR) is 98.9 cm³/mol. The molecule has 0 spiro atoms. The van der Waals surface area contributed by atoms with Crippen LogP contribution in [0.3, 0.4) is 0 Å². The van der Waals surface area contributed by atoms with Gasteiger partial charge in [0.15, 0.2) is 0 Å². The molecule has 3 aromatic rings. The third-order valence-electron chi connectivity index (χ3n) is 4.26. The Bertz CT molecular complexity index is 899. The topological polar surface area (TPSA) is 57.8 Å². The van der Waals surface area contributed by atoms with Gasteiger partial charge in [0, 0.05) is 24.8 Å².